The van der Waals surface area contributed by atoms with Crippen LogP contribution in [0.15, 0.2) is 77.7 Å². The first kappa shape index (κ1) is 28.4. The molecule has 0 aliphatic heterocycles. The molecule has 0 aromatic heterocycles. The summed E-state index contributed by atoms with van der Waals surface area (Å²) in [4.78, 5) is 29.5. The van der Waals surface area contributed by atoms with Gasteiger partial charge in [-0.25, -0.2) is 0 Å². The molecule has 0 aliphatic carbocycles. The predicted octanol–water partition coefficient (Wildman–Crippen LogP) is 7.30. The van der Waals surface area contributed by atoms with Gasteiger partial charge in [-0.1, -0.05) is 71.2 Å². The molecule has 0 unspecified atom stereocenters. The van der Waals surface area contributed by atoms with Crippen molar-refractivity contribution in [3.05, 3.63) is 99.0 Å². The zero-order valence-corrected chi connectivity index (χ0v) is 23.1. The van der Waals surface area contributed by atoms with Gasteiger partial charge in [0.25, 0.3) is 0 Å². The molecule has 2 amide bonds. The Balaban J connectivity index is 1.81. The Labute approximate surface area is 232 Å². The third kappa shape index (κ3) is 8.45. The average Bonchev–Trinajstić information content (AvgIpc) is 2.87. The highest BCUT2D eigenvalue weighted by atomic mass is 35.5. The van der Waals surface area contributed by atoms with Crippen molar-refractivity contribution >= 4 is 58.4 Å². The van der Waals surface area contributed by atoms with Gasteiger partial charge in [0, 0.05) is 51.5 Å². The summed E-state index contributed by atoms with van der Waals surface area (Å²) in [5.41, 5.74) is 1.60. The summed E-state index contributed by atoms with van der Waals surface area (Å²) in [7, 11) is 0. The topological polar surface area (TPSA) is 49.4 Å². The number of likely N-dealkylation sites (N-methyl/N-ethyl adjacent to an activating group) is 1. The lowest BCUT2D eigenvalue weighted by Gasteiger charge is -2.32. The van der Waals surface area contributed by atoms with Crippen molar-refractivity contribution in [2.45, 2.75) is 43.7 Å². The molecule has 0 saturated heterocycles. The number of nitrogens with zero attached hydrogens (tertiary/aromatic N) is 1. The van der Waals surface area contributed by atoms with Gasteiger partial charge in [0.05, 0.1) is 0 Å². The van der Waals surface area contributed by atoms with Gasteiger partial charge in [-0.05, 0) is 61.1 Å². The highest BCUT2D eigenvalue weighted by molar-refractivity contribution is 7.99. The largest absolute Gasteiger partial charge is 0.355 e. The van der Waals surface area contributed by atoms with Crippen LogP contribution in [0, 0.1) is 0 Å². The molecule has 0 saturated carbocycles. The van der Waals surface area contributed by atoms with Crippen molar-refractivity contribution in [3.8, 4) is 0 Å². The minimum Gasteiger partial charge on any atom is -0.355 e. The van der Waals surface area contributed by atoms with Gasteiger partial charge in [0.2, 0.25) is 11.8 Å². The molecule has 3 aromatic carbocycles. The van der Waals surface area contributed by atoms with Crippen LogP contribution in [-0.2, 0) is 22.6 Å². The quantitative estimate of drug-likeness (QED) is 0.186. The molecule has 0 bridgehead atoms. The van der Waals surface area contributed by atoms with E-state index in [1.54, 1.807) is 34.9 Å². The van der Waals surface area contributed by atoms with Crippen LogP contribution in [0.25, 0.3) is 0 Å². The van der Waals surface area contributed by atoms with Crippen LogP contribution >= 0.6 is 46.6 Å². The Morgan fingerprint density at radius 1 is 0.917 bits per heavy atom. The zero-order valence-electron chi connectivity index (χ0n) is 20.1. The molecule has 8 heteroatoms. The first-order valence-electron chi connectivity index (χ1n) is 11.8. The van der Waals surface area contributed by atoms with E-state index < -0.39 is 6.04 Å². The van der Waals surface area contributed by atoms with E-state index in [0.717, 1.165) is 16.2 Å². The highest BCUT2D eigenvalue weighted by Crippen LogP contribution is 2.28. The molecule has 1 N–H and O–H groups in total. The van der Waals surface area contributed by atoms with Gasteiger partial charge in [-0.15, -0.1) is 11.8 Å². The maximum atomic E-state index is 13.6. The highest BCUT2D eigenvalue weighted by Gasteiger charge is 2.30. The Kier molecular flexibility index (Phi) is 11.5. The van der Waals surface area contributed by atoms with Crippen LogP contribution in [-0.4, -0.2) is 35.1 Å². The number of thioether (sulfide) groups is 1. The second-order valence-electron chi connectivity index (χ2n) is 8.23. The van der Waals surface area contributed by atoms with E-state index in [2.05, 4.69) is 5.32 Å². The molecule has 3 aromatic rings. The van der Waals surface area contributed by atoms with Crippen molar-refractivity contribution in [2.24, 2.45) is 0 Å². The van der Waals surface area contributed by atoms with E-state index in [1.807, 2.05) is 61.5 Å². The average molecular weight is 564 g/mol. The summed E-state index contributed by atoms with van der Waals surface area (Å²) in [6.07, 6.45) is 1.35. The van der Waals surface area contributed by atoms with Crippen molar-refractivity contribution < 1.29 is 9.59 Å². The summed E-state index contributed by atoms with van der Waals surface area (Å²) < 4.78 is 0. The van der Waals surface area contributed by atoms with E-state index in [4.69, 9.17) is 34.8 Å². The Hall–Kier alpha value is -2.18. The molecule has 4 nitrogen and oxygen atoms in total. The Morgan fingerprint density at radius 3 is 2.22 bits per heavy atom. The smallest absolute Gasteiger partial charge is 0.243 e. The fraction of sp³-hybridized carbons (Fsp3) is 0.286. The normalized spacial score (nSPS) is 11.7. The SMILES string of the molecule is CCNC(=O)[C@H](Cc1ccccc1)N(Cc1c(Cl)cccc1Cl)C(=O)CCCSc1ccc(Cl)cc1. The third-order valence-electron chi connectivity index (χ3n) is 5.63. The second-order valence-corrected chi connectivity index (χ2v) is 10.6. The lowest BCUT2D eigenvalue weighted by molar-refractivity contribution is -0.141. The molecule has 190 valence electrons. The van der Waals surface area contributed by atoms with Crippen molar-refractivity contribution in [2.75, 3.05) is 12.3 Å². The van der Waals surface area contributed by atoms with E-state index in [1.165, 1.54) is 0 Å². The van der Waals surface area contributed by atoms with E-state index in [0.29, 0.717) is 46.4 Å². The first-order valence-corrected chi connectivity index (χ1v) is 13.9. The summed E-state index contributed by atoms with van der Waals surface area (Å²) in [6.45, 7) is 2.48. The minimum absolute atomic E-state index is 0.116. The van der Waals surface area contributed by atoms with Crippen molar-refractivity contribution in [1.29, 1.82) is 0 Å². The second kappa shape index (κ2) is 14.5. The van der Waals surface area contributed by atoms with Gasteiger partial charge in [-0.3, -0.25) is 9.59 Å². The lowest BCUT2D eigenvalue weighted by Crippen LogP contribution is -2.50. The zero-order chi connectivity index (χ0) is 25.9. The number of hydrogen-bond donors (Lipinski definition) is 1. The molecular weight excluding hydrogens is 535 g/mol. The Bertz CT molecular complexity index is 1120. The molecule has 0 spiro atoms. The molecule has 36 heavy (non-hydrogen) atoms. The third-order valence-corrected chi connectivity index (χ3v) is 7.69. The number of carbonyl (C=O) groups is 2. The Morgan fingerprint density at radius 2 is 1.58 bits per heavy atom. The monoisotopic (exact) mass is 562 g/mol. The summed E-state index contributed by atoms with van der Waals surface area (Å²) >= 11 is 20.5. The van der Waals surface area contributed by atoms with Gasteiger partial charge < -0.3 is 10.2 Å². The lowest BCUT2D eigenvalue weighted by atomic mass is 10.0. The number of carbonyl (C=O) groups excluding carboxylic acids is 2. The van der Waals surface area contributed by atoms with E-state index >= 15 is 0 Å². The standard InChI is InChI=1S/C28H29Cl3N2O2S/c1-2-32-28(35)26(18-20-8-4-3-5-9-20)33(19-23-24(30)10-6-11-25(23)31)27(34)12-7-17-36-22-15-13-21(29)14-16-22/h3-6,8-11,13-16,26H,2,7,12,17-19H2,1H3,(H,32,35)/t26-/m0/s1. The number of halogens is 3. The van der Waals surface area contributed by atoms with Crippen LogP contribution in [0.2, 0.25) is 15.1 Å². The first-order chi connectivity index (χ1) is 17.4. The predicted molar refractivity (Wildman–Crippen MR) is 151 cm³/mol. The van der Waals surface area contributed by atoms with Crippen LogP contribution in [0.3, 0.4) is 0 Å². The number of benzene rings is 3. The maximum Gasteiger partial charge on any atom is 0.243 e. The van der Waals surface area contributed by atoms with E-state index in [-0.39, 0.29) is 18.4 Å². The van der Waals surface area contributed by atoms with Gasteiger partial charge in [0.1, 0.15) is 6.04 Å². The summed E-state index contributed by atoms with van der Waals surface area (Å²) in [5, 5.41) is 4.52. The molecule has 0 aliphatic rings. The number of nitrogens with one attached hydrogen (secondary N) is 1. The van der Waals surface area contributed by atoms with Gasteiger partial charge in [-0.2, -0.15) is 0 Å². The maximum absolute atomic E-state index is 13.6. The molecule has 0 fully saturated rings. The fourth-order valence-corrected chi connectivity index (χ4v) is 5.28. The van der Waals surface area contributed by atoms with Crippen LogP contribution < -0.4 is 5.32 Å². The molecule has 3 rings (SSSR count). The summed E-state index contributed by atoms with van der Waals surface area (Å²) in [6, 6.07) is 21.9. The molecular formula is C28H29Cl3N2O2S. The number of rotatable bonds is 12. The fourth-order valence-electron chi connectivity index (χ4n) is 3.79. The van der Waals surface area contributed by atoms with Crippen LogP contribution in [0.1, 0.15) is 30.9 Å². The van der Waals surface area contributed by atoms with Gasteiger partial charge in [0.15, 0.2) is 0 Å². The van der Waals surface area contributed by atoms with Gasteiger partial charge >= 0.3 is 0 Å². The van der Waals surface area contributed by atoms with Crippen molar-refractivity contribution in [1.82, 2.24) is 10.2 Å². The summed E-state index contributed by atoms with van der Waals surface area (Å²) in [5.74, 6) is 0.446. The number of hydrogen-bond acceptors (Lipinski definition) is 3. The molecule has 1 atom stereocenters. The van der Waals surface area contributed by atoms with Crippen molar-refractivity contribution in [3.63, 3.8) is 0 Å². The number of amides is 2. The molecule has 0 heterocycles. The molecule has 0 radical (unpaired) electrons. The van der Waals surface area contributed by atoms with Crippen LogP contribution in [0.5, 0.6) is 0 Å². The minimum atomic E-state index is -0.698. The van der Waals surface area contributed by atoms with Crippen LogP contribution in [0.4, 0.5) is 0 Å². The van der Waals surface area contributed by atoms with E-state index in [9.17, 15) is 9.59 Å².